The summed E-state index contributed by atoms with van der Waals surface area (Å²) < 4.78 is 12.4. The van der Waals surface area contributed by atoms with Gasteiger partial charge in [-0.25, -0.2) is 0 Å². The molecule has 0 aromatic heterocycles. The van der Waals surface area contributed by atoms with Crippen molar-refractivity contribution < 1.29 is 19.4 Å². The van der Waals surface area contributed by atoms with Crippen molar-refractivity contribution >= 4 is 24.1 Å². The number of carboxylic acid groups (broad SMARTS) is 1. The molecule has 0 aliphatic carbocycles. The summed E-state index contributed by atoms with van der Waals surface area (Å²) in [5.41, 5.74) is 5.21. The van der Waals surface area contributed by atoms with Crippen LogP contribution in [0.4, 0.5) is 5.69 Å². The SMILES string of the molecule is CP(=O)(CCC(N)C(=O)O)c1cccc([N+](=O)[O-])c1. The summed E-state index contributed by atoms with van der Waals surface area (Å²) in [6.07, 6.45) is 0.160. The van der Waals surface area contributed by atoms with E-state index in [1.807, 2.05) is 0 Å². The van der Waals surface area contributed by atoms with Crippen LogP contribution < -0.4 is 11.0 Å². The topological polar surface area (TPSA) is 124 Å². The summed E-state index contributed by atoms with van der Waals surface area (Å²) in [7, 11) is -2.85. The number of non-ortho nitro benzene ring substituents is 1. The number of hydrogen-bond donors (Lipinski definition) is 2. The van der Waals surface area contributed by atoms with E-state index in [0.717, 1.165) is 0 Å². The fraction of sp³-hybridized carbons (Fsp3) is 0.364. The Morgan fingerprint density at radius 2 is 2.21 bits per heavy atom. The third-order valence-electron chi connectivity index (χ3n) is 2.77. The van der Waals surface area contributed by atoms with Crippen molar-refractivity contribution in [2.75, 3.05) is 12.8 Å². The molecule has 0 amide bonds. The number of carbonyl (C=O) groups is 1. The van der Waals surface area contributed by atoms with E-state index < -0.39 is 24.1 Å². The van der Waals surface area contributed by atoms with Gasteiger partial charge in [0.15, 0.2) is 0 Å². The number of aliphatic carboxylic acids is 1. The molecule has 0 saturated carbocycles. The molecule has 0 spiro atoms. The fourth-order valence-electron chi connectivity index (χ4n) is 1.54. The summed E-state index contributed by atoms with van der Waals surface area (Å²) in [6, 6.07) is 4.49. The molecule has 0 saturated heterocycles. The number of nitrogens with zero attached hydrogens (tertiary/aromatic N) is 1. The summed E-state index contributed by atoms with van der Waals surface area (Å²) in [4.78, 5) is 20.7. The van der Waals surface area contributed by atoms with Gasteiger partial charge in [-0.3, -0.25) is 14.9 Å². The molecule has 0 fully saturated rings. The van der Waals surface area contributed by atoms with Gasteiger partial charge in [-0.1, -0.05) is 12.1 Å². The summed E-state index contributed by atoms with van der Waals surface area (Å²) in [6.45, 7) is 1.47. The number of nitrogens with two attached hydrogens (primary N) is 1. The van der Waals surface area contributed by atoms with Crippen molar-refractivity contribution in [3.8, 4) is 0 Å². The highest BCUT2D eigenvalue weighted by Gasteiger charge is 2.23. The molecule has 2 unspecified atom stereocenters. The maximum Gasteiger partial charge on any atom is 0.320 e. The fourth-order valence-corrected chi connectivity index (χ4v) is 3.37. The first-order valence-electron chi connectivity index (χ1n) is 5.54. The lowest BCUT2D eigenvalue weighted by Gasteiger charge is -2.14. The normalized spacial score (nSPS) is 15.5. The molecule has 1 rings (SSSR count). The zero-order valence-corrected chi connectivity index (χ0v) is 11.2. The Morgan fingerprint density at radius 1 is 1.58 bits per heavy atom. The number of nitro groups is 1. The molecule has 3 N–H and O–H groups in total. The second-order valence-corrected chi connectivity index (χ2v) is 7.50. The van der Waals surface area contributed by atoms with Gasteiger partial charge >= 0.3 is 5.97 Å². The van der Waals surface area contributed by atoms with Crippen molar-refractivity contribution in [2.24, 2.45) is 5.73 Å². The van der Waals surface area contributed by atoms with Gasteiger partial charge in [0.1, 0.15) is 13.2 Å². The van der Waals surface area contributed by atoms with Crippen LogP contribution in [0.3, 0.4) is 0 Å². The minimum absolute atomic E-state index is 0.0613. The predicted octanol–water partition coefficient (Wildman–Crippen LogP) is 1.01. The summed E-state index contributed by atoms with van der Waals surface area (Å²) >= 11 is 0. The van der Waals surface area contributed by atoms with Gasteiger partial charge < -0.3 is 15.4 Å². The van der Waals surface area contributed by atoms with Crippen molar-refractivity contribution in [1.82, 2.24) is 0 Å². The zero-order valence-electron chi connectivity index (χ0n) is 10.4. The van der Waals surface area contributed by atoms with Crippen molar-refractivity contribution in [1.29, 1.82) is 0 Å². The molecule has 0 aliphatic heterocycles. The van der Waals surface area contributed by atoms with Crippen molar-refractivity contribution in [3.63, 3.8) is 0 Å². The third kappa shape index (κ3) is 4.15. The average molecular weight is 286 g/mol. The van der Waals surface area contributed by atoms with Crippen LogP contribution in [0.25, 0.3) is 0 Å². The average Bonchev–Trinajstić information content (AvgIpc) is 2.36. The van der Waals surface area contributed by atoms with E-state index in [-0.39, 0.29) is 18.3 Å². The van der Waals surface area contributed by atoms with E-state index in [0.29, 0.717) is 5.30 Å². The van der Waals surface area contributed by atoms with Gasteiger partial charge in [0.05, 0.1) is 4.92 Å². The van der Waals surface area contributed by atoms with Gasteiger partial charge in [-0.2, -0.15) is 0 Å². The largest absolute Gasteiger partial charge is 0.480 e. The molecular formula is C11H15N2O5P. The van der Waals surface area contributed by atoms with Crippen LogP contribution in [0.2, 0.25) is 0 Å². The van der Waals surface area contributed by atoms with Crippen LogP contribution >= 0.6 is 7.14 Å². The Balaban J connectivity index is 2.88. The first-order valence-corrected chi connectivity index (χ1v) is 7.88. The highest BCUT2D eigenvalue weighted by molar-refractivity contribution is 7.70. The smallest absolute Gasteiger partial charge is 0.320 e. The van der Waals surface area contributed by atoms with Crippen molar-refractivity contribution in [3.05, 3.63) is 34.4 Å². The number of benzene rings is 1. The van der Waals surface area contributed by atoms with E-state index in [9.17, 15) is 19.5 Å². The maximum absolute atomic E-state index is 12.4. The second-order valence-electron chi connectivity index (χ2n) is 4.33. The standard InChI is InChI=1S/C11H15N2O5P/c1-19(18,6-5-10(12)11(14)15)9-4-2-3-8(7-9)13(16)17/h2-4,7,10H,5-6,12H2,1H3,(H,14,15). The van der Waals surface area contributed by atoms with Gasteiger partial charge in [-0.05, 0) is 13.1 Å². The molecule has 1 aromatic carbocycles. The van der Waals surface area contributed by atoms with Gasteiger partial charge in [0.25, 0.3) is 5.69 Å². The summed E-state index contributed by atoms with van der Waals surface area (Å²) in [5, 5.41) is 19.7. The third-order valence-corrected chi connectivity index (χ3v) is 5.25. The van der Waals surface area contributed by atoms with Crippen LogP contribution in [0.15, 0.2) is 24.3 Å². The van der Waals surface area contributed by atoms with Crippen LogP contribution in [-0.2, 0) is 9.36 Å². The molecule has 1 aromatic rings. The lowest BCUT2D eigenvalue weighted by molar-refractivity contribution is -0.384. The first kappa shape index (κ1) is 15.3. The number of carboxylic acids is 1. The molecule has 0 heterocycles. The zero-order chi connectivity index (χ0) is 14.6. The van der Waals surface area contributed by atoms with Crippen LogP contribution in [0.1, 0.15) is 6.42 Å². The lowest BCUT2D eigenvalue weighted by Crippen LogP contribution is -2.31. The van der Waals surface area contributed by atoms with Crippen LogP contribution in [-0.4, -0.2) is 34.9 Å². The molecule has 2 atom stereocenters. The highest BCUT2D eigenvalue weighted by Crippen LogP contribution is 2.41. The van der Waals surface area contributed by atoms with E-state index >= 15 is 0 Å². The lowest BCUT2D eigenvalue weighted by atomic mass is 10.2. The van der Waals surface area contributed by atoms with Crippen molar-refractivity contribution in [2.45, 2.75) is 12.5 Å². The Kier molecular flexibility index (Phi) is 4.80. The predicted molar refractivity (Wildman–Crippen MR) is 71.4 cm³/mol. The van der Waals surface area contributed by atoms with E-state index in [2.05, 4.69) is 0 Å². The minimum atomic E-state index is -2.85. The second kappa shape index (κ2) is 5.95. The Labute approximate surface area is 109 Å². The Bertz CT molecular complexity index is 546. The molecule has 104 valence electrons. The molecular weight excluding hydrogens is 271 g/mol. The van der Waals surface area contributed by atoms with Gasteiger partial charge in [0, 0.05) is 23.6 Å². The maximum atomic E-state index is 12.4. The number of hydrogen-bond acceptors (Lipinski definition) is 5. The number of rotatable bonds is 6. The van der Waals surface area contributed by atoms with Gasteiger partial charge in [-0.15, -0.1) is 0 Å². The number of nitro benzene ring substituents is 1. The summed E-state index contributed by atoms with van der Waals surface area (Å²) in [5.74, 6) is -1.15. The quantitative estimate of drug-likeness (QED) is 0.457. The molecule has 0 radical (unpaired) electrons. The van der Waals surface area contributed by atoms with E-state index in [1.54, 1.807) is 6.07 Å². The molecule has 0 aliphatic rings. The van der Waals surface area contributed by atoms with E-state index in [4.69, 9.17) is 10.8 Å². The Hall–Kier alpha value is -1.72. The molecule has 19 heavy (non-hydrogen) atoms. The van der Waals surface area contributed by atoms with Crippen LogP contribution in [0.5, 0.6) is 0 Å². The van der Waals surface area contributed by atoms with Crippen LogP contribution in [0, 0.1) is 10.1 Å². The molecule has 7 nitrogen and oxygen atoms in total. The highest BCUT2D eigenvalue weighted by atomic mass is 31.2. The molecule has 0 bridgehead atoms. The minimum Gasteiger partial charge on any atom is -0.480 e. The first-order chi connectivity index (χ1) is 8.74. The van der Waals surface area contributed by atoms with Gasteiger partial charge in [0.2, 0.25) is 0 Å². The van der Waals surface area contributed by atoms with E-state index in [1.165, 1.54) is 24.9 Å². The monoisotopic (exact) mass is 286 g/mol. The molecule has 8 heteroatoms. The Morgan fingerprint density at radius 3 is 2.74 bits per heavy atom.